The Morgan fingerprint density at radius 1 is 1.14 bits per heavy atom. The minimum Gasteiger partial charge on any atom is -0.398 e. The predicted octanol–water partition coefficient (Wildman–Crippen LogP) is 1.96. The number of nitrogens with two attached hydrogens (primary N) is 1. The Balaban J connectivity index is 1.91. The van der Waals surface area contributed by atoms with E-state index in [1.165, 1.54) is 4.90 Å². The SMILES string of the molecule is Cc1cnc(CN2CCN(CC(F)(F)F)CC2)c(C)c1N. The molecule has 0 spiro atoms. The van der Waals surface area contributed by atoms with Gasteiger partial charge in [0.25, 0.3) is 0 Å². The smallest absolute Gasteiger partial charge is 0.398 e. The second-order valence-corrected chi connectivity index (χ2v) is 5.59. The number of halogens is 3. The maximum Gasteiger partial charge on any atom is 0.401 e. The summed E-state index contributed by atoms with van der Waals surface area (Å²) in [7, 11) is 0. The molecule has 0 aliphatic carbocycles. The minimum absolute atomic E-state index is 0.430. The summed E-state index contributed by atoms with van der Waals surface area (Å²) in [5.74, 6) is 0. The number of aryl methyl sites for hydroxylation is 1. The Kier molecular flexibility index (Phi) is 4.73. The highest BCUT2D eigenvalue weighted by molar-refractivity contribution is 5.53. The third kappa shape index (κ3) is 4.31. The van der Waals surface area contributed by atoms with Gasteiger partial charge in [-0.25, -0.2) is 0 Å². The topological polar surface area (TPSA) is 45.4 Å². The molecule has 1 aliphatic heterocycles. The van der Waals surface area contributed by atoms with Crippen LogP contribution in [0.3, 0.4) is 0 Å². The summed E-state index contributed by atoms with van der Waals surface area (Å²) in [5, 5.41) is 0. The van der Waals surface area contributed by atoms with Crippen LogP contribution in [0.1, 0.15) is 16.8 Å². The summed E-state index contributed by atoms with van der Waals surface area (Å²) in [6.07, 6.45) is -2.37. The second-order valence-electron chi connectivity index (χ2n) is 5.59. The van der Waals surface area contributed by atoms with Gasteiger partial charge in [0.05, 0.1) is 12.2 Å². The Hall–Kier alpha value is -1.34. The van der Waals surface area contributed by atoms with Crippen LogP contribution in [0.15, 0.2) is 6.20 Å². The number of aromatic nitrogens is 1. The van der Waals surface area contributed by atoms with Crippen LogP contribution in [-0.4, -0.2) is 53.7 Å². The van der Waals surface area contributed by atoms with Gasteiger partial charge in [-0.15, -0.1) is 0 Å². The van der Waals surface area contributed by atoms with Crippen molar-refractivity contribution in [1.82, 2.24) is 14.8 Å². The molecule has 0 atom stereocenters. The Morgan fingerprint density at radius 3 is 2.29 bits per heavy atom. The maximum atomic E-state index is 12.3. The normalized spacial score (nSPS) is 18.1. The number of nitrogens with zero attached hydrogens (tertiary/aromatic N) is 3. The summed E-state index contributed by atoms with van der Waals surface area (Å²) >= 11 is 0. The molecule has 118 valence electrons. The number of hydrogen-bond donors (Lipinski definition) is 1. The van der Waals surface area contributed by atoms with Crippen LogP contribution in [0.4, 0.5) is 18.9 Å². The molecule has 0 radical (unpaired) electrons. The van der Waals surface area contributed by atoms with Crippen molar-refractivity contribution < 1.29 is 13.2 Å². The van der Waals surface area contributed by atoms with Gasteiger partial charge >= 0.3 is 6.18 Å². The molecule has 21 heavy (non-hydrogen) atoms. The van der Waals surface area contributed by atoms with Crippen molar-refractivity contribution >= 4 is 5.69 Å². The van der Waals surface area contributed by atoms with Crippen molar-refractivity contribution in [2.24, 2.45) is 0 Å². The first-order valence-corrected chi connectivity index (χ1v) is 6.98. The molecule has 1 aromatic rings. The molecule has 1 fully saturated rings. The van der Waals surface area contributed by atoms with Gasteiger partial charge in [0.2, 0.25) is 0 Å². The molecule has 1 aromatic heterocycles. The van der Waals surface area contributed by atoms with Gasteiger partial charge in [0.1, 0.15) is 0 Å². The highest BCUT2D eigenvalue weighted by atomic mass is 19.4. The quantitative estimate of drug-likeness (QED) is 0.927. The lowest BCUT2D eigenvalue weighted by Gasteiger charge is -2.35. The number of hydrogen-bond acceptors (Lipinski definition) is 4. The van der Waals surface area contributed by atoms with Crippen LogP contribution >= 0.6 is 0 Å². The molecule has 0 unspecified atom stereocenters. The molecule has 0 amide bonds. The molecule has 1 saturated heterocycles. The van der Waals surface area contributed by atoms with Crippen LogP contribution in [-0.2, 0) is 6.54 Å². The lowest BCUT2D eigenvalue weighted by atomic mass is 10.1. The molecule has 2 rings (SSSR count). The lowest BCUT2D eigenvalue weighted by molar-refractivity contribution is -0.149. The van der Waals surface area contributed by atoms with E-state index in [1.54, 1.807) is 6.20 Å². The molecule has 2 heterocycles. The van der Waals surface area contributed by atoms with Crippen LogP contribution in [0.5, 0.6) is 0 Å². The minimum atomic E-state index is -4.12. The van der Waals surface area contributed by atoms with Crippen molar-refractivity contribution in [2.75, 3.05) is 38.5 Å². The number of alkyl halides is 3. The Labute approximate surface area is 122 Å². The fourth-order valence-corrected chi connectivity index (χ4v) is 2.52. The molecule has 0 aromatic carbocycles. The monoisotopic (exact) mass is 302 g/mol. The summed E-state index contributed by atoms with van der Waals surface area (Å²) < 4.78 is 37.0. The fourth-order valence-electron chi connectivity index (χ4n) is 2.52. The van der Waals surface area contributed by atoms with Gasteiger partial charge in [0, 0.05) is 44.6 Å². The van der Waals surface area contributed by atoms with Crippen LogP contribution in [0.2, 0.25) is 0 Å². The molecular weight excluding hydrogens is 281 g/mol. The van der Waals surface area contributed by atoms with E-state index >= 15 is 0 Å². The van der Waals surface area contributed by atoms with E-state index in [9.17, 15) is 13.2 Å². The maximum absolute atomic E-state index is 12.3. The third-order valence-corrected chi connectivity index (χ3v) is 3.92. The zero-order valence-corrected chi connectivity index (χ0v) is 12.4. The van der Waals surface area contributed by atoms with Gasteiger partial charge in [-0.2, -0.15) is 13.2 Å². The summed E-state index contributed by atoms with van der Waals surface area (Å²) in [4.78, 5) is 7.96. The number of pyridine rings is 1. The van der Waals surface area contributed by atoms with E-state index in [-0.39, 0.29) is 0 Å². The van der Waals surface area contributed by atoms with Crippen LogP contribution < -0.4 is 5.73 Å². The van der Waals surface area contributed by atoms with E-state index < -0.39 is 12.7 Å². The zero-order chi connectivity index (χ0) is 15.6. The van der Waals surface area contributed by atoms with E-state index in [0.717, 1.165) is 22.5 Å². The van der Waals surface area contributed by atoms with Crippen LogP contribution in [0, 0.1) is 13.8 Å². The average molecular weight is 302 g/mol. The van der Waals surface area contributed by atoms with E-state index in [4.69, 9.17) is 5.73 Å². The van der Waals surface area contributed by atoms with Crippen molar-refractivity contribution in [3.63, 3.8) is 0 Å². The molecule has 0 saturated carbocycles. The van der Waals surface area contributed by atoms with Crippen molar-refractivity contribution in [3.8, 4) is 0 Å². The van der Waals surface area contributed by atoms with Gasteiger partial charge < -0.3 is 5.73 Å². The molecule has 7 heteroatoms. The number of nitrogen functional groups attached to an aromatic ring is 1. The second kappa shape index (κ2) is 6.19. The molecule has 1 aliphatic rings. The van der Waals surface area contributed by atoms with E-state index in [2.05, 4.69) is 9.88 Å². The first kappa shape index (κ1) is 16.0. The molecular formula is C14H21F3N4. The summed E-state index contributed by atoms with van der Waals surface area (Å²) in [6.45, 7) is 5.75. The standard InChI is InChI=1S/C14H21F3N4/c1-10-7-19-12(11(2)13(10)18)8-20-3-5-21(6-4-20)9-14(15,16)17/h7H,3-6,8-9H2,1-2H3,(H2,18,19). The third-order valence-electron chi connectivity index (χ3n) is 3.92. The van der Waals surface area contributed by atoms with E-state index in [0.29, 0.717) is 32.7 Å². The first-order valence-electron chi connectivity index (χ1n) is 6.98. The van der Waals surface area contributed by atoms with Gasteiger partial charge in [-0.1, -0.05) is 0 Å². The average Bonchev–Trinajstić information content (AvgIpc) is 2.40. The Bertz CT molecular complexity index is 494. The summed E-state index contributed by atoms with van der Waals surface area (Å²) in [5.41, 5.74) is 9.55. The summed E-state index contributed by atoms with van der Waals surface area (Å²) in [6, 6.07) is 0. The van der Waals surface area contributed by atoms with Gasteiger partial charge in [0.15, 0.2) is 0 Å². The van der Waals surface area contributed by atoms with Crippen molar-refractivity contribution in [2.45, 2.75) is 26.6 Å². The van der Waals surface area contributed by atoms with Crippen LogP contribution in [0.25, 0.3) is 0 Å². The molecule has 0 bridgehead atoms. The molecule has 4 nitrogen and oxygen atoms in total. The van der Waals surface area contributed by atoms with Crippen molar-refractivity contribution in [1.29, 1.82) is 0 Å². The number of anilines is 1. The van der Waals surface area contributed by atoms with Gasteiger partial charge in [-0.3, -0.25) is 14.8 Å². The largest absolute Gasteiger partial charge is 0.401 e. The van der Waals surface area contributed by atoms with Crippen molar-refractivity contribution in [3.05, 3.63) is 23.0 Å². The van der Waals surface area contributed by atoms with E-state index in [1.807, 2.05) is 13.8 Å². The number of rotatable bonds is 3. The number of piperazine rings is 1. The Morgan fingerprint density at radius 2 is 1.71 bits per heavy atom. The lowest BCUT2D eigenvalue weighted by Crippen LogP contribution is -2.48. The van der Waals surface area contributed by atoms with Gasteiger partial charge in [-0.05, 0) is 25.0 Å². The highest BCUT2D eigenvalue weighted by Gasteiger charge is 2.32. The first-order chi connectivity index (χ1) is 9.76. The highest BCUT2D eigenvalue weighted by Crippen LogP contribution is 2.21. The fraction of sp³-hybridized carbons (Fsp3) is 0.643. The predicted molar refractivity (Wildman–Crippen MR) is 75.9 cm³/mol. The molecule has 2 N–H and O–H groups in total. The zero-order valence-electron chi connectivity index (χ0n) is 12.4.